The summed E-state index contributed by atoms with van der Waals surface area (Å²) in [5, 5.41) is 21.2. The van der Waals surface area contributed by atoms with Crippen molar-refractivity contribution in [1.29, 1.82) is 0 Å². The van der Waals surface area contributed by atoms with Gasteiger partial charge in [-0.1, -0.05) is 48.5 Å². The number of carbonyl (C=O) groups excluding carboxylic acids is 10. The smallest absolute Gasteiger partial charge is 0.325 e. The van der Waals surface area contributed by atoms with Crippen molar-refractivity contribution in [2.24, 2.45) is 22.2 Å². The van der Waals surface area contributed by atoms with Crippen LogP contribution in [0.1, 0.15) is 36.6 Å². The van der Waals surface area contributed by atoms with Crippen molar-refractivity contribution >= 4 is 101 Å². The summed E-state index contributed by atoms with van der Waals surface area (Å²) in [5.41, 5.74) is 19.0. The number of imide groups is 1. The predicted molar refractivity (Wildman–Crippen MR) is 276 cm³/mol. The molecule has 16 N–H and O–H groups in total. The van der Waals surface area contributed by atoms with Crippen LogP contribution in [0.2, 0.25) is 0 Å². The molecule has 0 spiro atoms. The highest BCUT2D eigenvalue weighted by atomic mass is 32.1. The first-order chi connectivity index (χ1) is 35.4. The normalized spacial score (nSPS) is 14.9. The third-order valence-electron chi connectivity index (χ3n) is 11.5. The number of nitrogens with one attached hydrogen (secondary N) is 10. The van der Waals surface area contributed by atoms with Crippen molar-refractivity contribution in [2.75, 3.05) is 31.1 Å². The average Bonchev–Trinajstić information content (AvgIpc) is 4.13. The Balaban J connectivity index is 1.36. The molecular formula is C46H60N16O10S2. The maximum atomic E-state index is 14.6. The first kappa shape index (κ1) is 56.8. The third kappa shape index (κ3) is 16.7. The fourth-order valence-corrected chi connectivity index (χ4v) is 8.08. The minimum atomic E-state index is -1.41. The molecule has 2 aromatic heterocycles. The molecule has 26 nitrogen and oxygen atoms in total. The molecule has 1 aliphatic rings. The number of urea groups is 1. The second-order valence-electron chi connectivity index (χ2n) is 17.0. The van der Waals surface area contributed by atoms with E-state index in [0.29, 0.717) is 21.7 Å². The lowest BCUT2D eigenvalue weighted by atomic mass is 10.0. The second kappa shape index (κ2) is 27.6. The van der Waals surface area contributed by atoms with Gasteiger partial charge in [-0.15, -0.1) is 0 Å². The highest BCUT2D eigenvalue weighted by Crippen LogP contribution is 2.20. The Morgan fingerprint density at radius 1 is 0.689 bits per heavy atom. The number of aliphatic imine (C=N–C) groups is 1. The maximum Gasteiger partial charge on any atom is 0.325 e. The number of primary amides is 1. The number of thiol groups is 2. The fourth-order valence-electron chi connectivity index (χ4n) is 7.55. The highest BCUT2D eigenvalue weighted by Gasteiger charge is 2.35. The van der Waals surface area contributed by atoms with Gasteiger partial charge in [0.1, 0.15) is 48.8 Å². The first-order valence-corrected chi connectivity index (χ1v) is 24.5. The van der Waals surface area contributed by atoms with Crippen molar-refractivity contribution < 1.29 is 47.9 Å². The molecule has 0 bridgehead atoms. The number of hydrogen-bond donors (Lipinski definition) is 15. The topological polar surface area (TPSA) is 405 Å². The number of rotatable bonds is 28. The summed E-state index contributed by atoms with van der Waals surface area (Å²) >= 11 is 8.27. The van der Waals surface area contributed by atoms with Gasteiger partial charge in [-0.2, -0.15) is 25.3 Å². The van der Waals surface area contributed by atoms with E-state index in [0.717, 1.165) is 10.9 Å². The quantitative estimate of drug-likeness (QED) is 0.00857. The zero-order chi connectivity index (χ0) is 53.9. The number of carbonyl (C=O) groups is 10. The van der Waals surface area contributed by atoms with Crippen LogP contribution < -0.4 is 59.7 Å². The van der Waals surface area contributed by atoms with Crippen molar-refractivity contribution in [1.82, 2.24) is 62.4 Å². The summed E-state index contributed by atoms with van der Waals surface area (Å²) in [6.07, 6.45) is 4.15. The van der Waals surface area contributed by atoms with Gasteiger partial charge < -0.3 is 69.7 Å². The molecule has 0 radical (unpaired) electrons. The Hall–Kier alpha value is -8.14. The van der Waals surface area contributed by atoms with Gasteiger partial charge in [0, 0.05) is 66.3 Å². The number of aromatic amines is 2. The number of imidazole rings is 1. The number of nitrogens with zero attached hydrogens (tertiary/aromatic N) is 3. The Morgan fingerprint density at radius 3 is 1.88 bits per heavy atom. The van der Waals surface area contributed by atoms with Gasteiger partial charge >= 0.3 is 6.03 Å². The average molecular weight is 1060 g/mol. The zero-order valence-corrected chi connectivity index (χ0v) is 41.9. The van der Waals surface area contributed by atoms with E-state index in [1.165, 1.54) is 19.4 Å². The summed E-state index contributed by atoms with van der Waals surface area (Å²) in [6, 6.07) is 5.76. The molecule has 1 aliphatic heterocycles. The van der Waals surface area contributed by atoms with E-state index in [9.17, 15) is 47.9 Å². The zero-order valence-electron chi connectivity index (χ0n) is 40.1. The van der Waals surface area contributed by atoms with E-state index in [2.05, 4.69) is 87.7 Å². The number of nitrogens with two attached hydrogens (primary N) is 3. The van der Waals surface area contributed by atoms with Crippen LogP contribution in [0, 0.1) is 0 Å². The van der Waals surface area contributed by atoms with Gasteiger partial charge in [-0.25, -0.2) is 9.78 Å². The third-order valence-corrected chi connectivity index (χ3v) is 12.2. The summed E-state index contributed by atoms with van der Waals surface area (Å²) < 4.78 is 0. The Labute approximate surface area is 434 Å². The molecule has 5 rings (SSSR count). The van der Waals surface area contributed by atoms with E-state index < -0.39 is 108 Å². The van der Waals surface area contributed by atoms with Crippen LogP contribution in [0.25, 0.3) is 10.9 Å². The molecule has 2 aromatic carbocycles. The van der Waals surface area contributed by atoms with E-state index in [1.807, 2.05) is 18.2 Å². The molecule has 0 aliphatic carbocycles. The Bertz CT molecular complexity index is 2670. The molecule has 28 heteroatoms. The van der Waals surface area contributed by atoms with Gasteiger partial charge in [-0.3, -0.25) is 53.0 Å². The lowest BCUT2D eigenvalue weighted by Crippen LogP contribution is -2.60. The molecular weight excluding hydrogens is 1000 g/mol. The predicted octanol–water partition coefficient (Wildman–Crippen LogP) is -3.72. The van der Waals surface area contributed by atoms with Crippen molar-refractivity contribution in [2.45, 2.75) is 81.3 Å². The lowest BCUT2D eigenvalue weighted by Gasteiger charge is -2.27. The Kier molecular flexibility index (Phi) is 21.2. The van der Waals surface area contributed by atoms with Crippen LogP contribution in [0.5, 0.6) is 0 Å². The van der Waals surface area contributed by atoms with Crippen molar-refractivity contribution in [3.8, 4) is 0 Å². The van der Waals surface area contributed by atoms with Crippen molar-refractivity contribution in [3.63, 3.8) is 0 Å². The van der Waals surface area contributed by atoms with Crippen LogP contribution in [0.4, 0.5) is 4.79 Å². The summed E-state index contributed by atoms with van der Waals surface area (Å²) in [6.45, 7) is 0.418. The number of H-pyrrole nitrogens is 2. The number of para-hydroxylation sites is 1. The van der Waals surface area contributed by atoms with Gasteiger partial charge in [0.05, 0.1) is 12.9 Å². The van der Waals surface area contributed by atoms with Crippen molar-refractivity contribution in [3.05, 3.63) is 90.1 Å². The largest absolute Gasteiger partial charge is 0.370 e. The van der Waals surface area contributed by atoms with Crippen LogP contribution in [-0.4, -0.2) is 158 Å². The van der Waals surface area contributed by atoms with E-state index >= 15 is 0 Å². The van der Waals surface area contributed by atoms with Gasteiger partial charge in [0.2, 0.25) is 47.3 Å². The molecule has 7 atom stereocenters. The standard InChI is InChI=1S/C46H60N16O10S2/c1-24(55-44(71)35(22-74)56-36(63)20-62-37(64)19-53-46(62)72)39(66)58-33(16-27-18-50-23-54-27)43(70)59-31(14-25-8-3-2-4-9-25)41(68)57-30(12-7-13-51-45(48)49)40(67)60-32(42(69)61-34(21-73)38(47)65)15-26-17-52-29-11-6-5-10-28(26)29/h2-6,8-11,17-18,23-24,30-35,52,73-74H,7,12-16,19-22H2,1H3,(H2,47,65)(H,50,54)(H,53,72)(H,55,71)(H,56,63)(H,57,68)(H,58,66)(H,59,70)(H,60,67)(H,61,69)(H4,48,49,51)/t24-,30+,31-,32+,33+,34+,35+/m0/s1. The number of hydrogen-bond acceptors (Lipinski definition) is 14. The van der Waals surface area contributed by atoms with Crippen LogP contribution in [0.3, 0.4) is 0 Å². The van der Waals surface area contributed by atoms with Crippen LogP contribution in [-0.2, 0) is 62.4 Å². The number of amides is 11. The first-order valence-electron chi connectivity index (χ1n) is 23.2. The maximum absolute atomic E-state index is 14.6. The summed E-state index contributed by atoms with van der Waals surface area (Å²) in [5.74, 6) is -7.92. The highest BCUT2D eigenvalue weighted by molar-refractivity contribution is 7.80. The molecule has 3 heterocycles. The van der Waals surface area contributed by atoms with Gasteiger partial charge in [0.25, 0.3) is 5.91 Å². The second-order valence-corrected chi connectivity index (χ2v) is 17.8. The molecule has 74 heavy (non-hydrogen) atoms. The number of aromatic nitrogens is 3. The number of fused-ring (bicyclic) bond motifs is 1. The summed E-state index contributed by atoms with van der Waals surface area (Å²) in [4.78, 5) is 148. The van der Waals surface area contributed by atoms with E-state index in [1.54, 1.807) is 42.6 Å². The fraction of sp³-hybridized carbons (Fsp3) is 0.391. The Morgan fingerprint density at radius 2 is 1.27 bits per heavy atom. The minimum Gasteiger partial charge on any atom is -0.370 e. The van der Waals surface area contributed by atoms with Crippen LogP contribution in [0.15, 0.2) is 78.3 Å². The van der Waals surface area contributed by atoms with Crippen LogP contribution >= 0.6 is 25.3 Å². The molecule has 1 fully saturated rings. The molecule has 11 amide bonds. The molecule has 1 saturated heterocycles. The number of guanidine groups is 1. The number of benzene rings is 2. The molecule has 396 valence electrons. The van der Waals surface area contributed by atoms with Gasteiger partial charge in [-0.05, 0) is 37.0 Å². The summed E-state index contributed by atoms with van der Waals surface area (Å²) in [7, 11) is 0. The SMILES string of the molecule is C[C@H](NC(=O)[C@@H](CS)NC(=O)CN1C(=O)CNC1=O)C(=O)N[C@H](Cc1cnc[nH]1)C(=O)N[C@@H](Cc1ccccc1)C(=O)N[C@H](CCCN=C(N)N)C(=O)N[C@H](Cc1c[nH]c2ccccc12)C(=O)N[C@H](CS)C(N)=O. The monoisotopic (exact) mass is 1060 g/mol. The molecule has 0 unspecified atom stereocenters. The minimum absolute atomic E-state index is 0.0480. The molecule has 0 saturated carbocycles. The van der Waals surface area contributed by atoms with E-state index in [4.69, 9.17) is 17.2 Å². The molecule has 4 aromatic rings. The lowest BCUT2D eigenvalue weighted by molar-refractivity contribution is -0.135. The van der Waals surface area contributed by atoms with Gasteiger partial charge in [0.15, 0.2) is 5.96 Å². The van der Waals surface area contributed by atoms with E-state index in [-0.39, 0.29) is 62.7 Å².